The first-order chi connectivity index (χ1) is 3.81. The van der Waals surface area contributed by atoms with E-state index in [-0.39, 0.29) is 6.10 Å². The van der Waals surface area contributed by atoms with Crippen LogP contribution in [0.4, 0.5) is 0 Å². The molecule has 49 valence electrons. The Hall–Kier alpha value is 0.350. The Bertz CT molecular complexity index is 43.7. The molecule has 0 fully saturated rings. The zero-order chi connectivity index (χ0) is 6.41. The first kappa shape index (κ1) is 8.35. The van der Waals surface area contributed by atoms with Crippen molar-refractivity contribution in [2.24, 2.45) is 0 Å². The first-order valence-electron chi connectivity index (χ1n) is 2.45. The highest BCUT2D eigenvalue weighted by Gasteiger charge is 1.96. The molecule has 0 saturated carbocycles. The third kappa shape index (κ3) is 4.51. The van der Waals surface area contributed by atoms with Crippen LogP contribution in [0.2, 0.25) is 0 Å². The molecule has 0 spiro atoms. The van der Waals surface area contributed by atoms with Gasteiger partial charge in [-0.2, -0.15) is 0 Å². The van der Waals surface area contributed by atoms with Gasteiger partial charge in [0.05, 0.1) is 19.1 Å². The molecule has 0 aromatic heterocycles. The lowest BCUT2D eigenvalue weighted by atomic mass is 10.4. The van der Waals surface area contributed by atoms with Gasteiger partial charge in [-0.3, -0.25) is 0 Å². The molecule has 1 unspecified atom stereocenters. The molecule has 0 aliphatic carbocycles. The summed E-state index contributed by atoms with van der Waals surface area (Å²) in [7, 11) is 4.08. The molecule has 2 atom stereocenters. The summed E-state index contributed by atoms with van der Waals surface area (Å²) >= 11 is 0. The summed E-state index contributed by atoms with van der Waals surface area (Å²) in [5.74, 6) is 0. The summed E-state index contributed by atoms with van der Waals surface area (Å²) in [4.78, 5) is 0. The number of hydrogen-bond acceptors (Lipinski definition) is 2. The molecule has 0 heterocycles. The van der Waals surface area contributed by atoms with Gasteiger partial charge in [-0.1, -0.05) is 0 Å². The van der Waals surface area contributed by atoms with Crippen LogP contribution in [-0.4, -0.2) is 26.2 Å². The molecule has 0 aromatic rings. The smallest absolute Gasteiger partial charge is 0.0813 e. The summed E-state index contributed by atoms with van der Waals surface area (Å²) in [5, 5.41) is 0. The van der Waals surface area contributed by atoms with Crippen molar-refractivity contribution in [3.05, 3.63) is 6.92 Å². The minimum absolute atomic E-state index is 0.0301. The Morgan fingerprint density at radius 3 is 2.75 bits per heavy atom. The lowest BCUT2D eigenvalue weighted by molar-refractivity contribution is 0.0477. The SMILES string of the molecule is [CH2][C@@H](COC)OCP. The molecule has 1 radical (unpaired) electrons. The van der Waals surface area contributed by atoms with Gasteiger partial charge in [-0.25, -0.2) is 0 Å². The molecule has 0 aliphatic rings. The largest absolute Gasteiger partial charge is 0.382 e. The molecule has 3 heteroatoms. The number of ether oxygens (including phenoxy) is 2. The average molecular weight is 135 g/mol. The lowest BCUT2D eigenvalue weighted by Crippen LogP contribution is -2.13. The molecule has 8 heavy (non-hydrogen) atoms. The third-order valence-electron chi connectivity index (χ3n) is 0.684. The topological polar surface area (TPSA) is 18.5 Å². The monoisotopic (exact) mass is 135 g/mol. The van der Waals surface area contributed by atoms with Gasteiger partial charge in [0.2, 0.25) is 0 Å². The zero-order valence-corrected chi connectivity index (χ0v) is 6.25. The van der Waals surface area contributed by atoms with Gasteiger partial charge in [0, 0.05) is 7.11 Å². The maximum Gasteiger partial charge on any atom is 0.0813 e. The van der Waals surface area contributed by atoms with Gasteiger partial charge in [0.1, 0.15) is 0 Å². The fraction of sp³-hybridized carbons (Fsp3) is 0.800. The van der Waals surface area contributed by atoms with Crippen LogP contribution < -0.4 is 0 Å². The molecule has 0 aliphatic heterocycles. The molecular formula is C5H12O2P. The Morgan fingerprint density at radius 2 is 2.38 bits per heavy atom. The second-order valence-electron chi connectivity index (χ2n) is 1.41. The van der Waals surface area contributed by atoms with E-state index in [1.165, 1.54) is 0 Å². The summed E-state index contributed by atoms with van der Waals surface area (Å²) in [6.45, 7) is 4.22. The van der Waals surface area contributed by atoms with Crippen molar-refractivity contribution in [2.75, 3.05) is 20.1 Å². The fourth-order valence-electron chi connectivity index (χ4n) is 0.370. The second-order valence-corrected chi connectivity index (χ2v) is 1.74. The molecule has 0 amide bonds. The van der Waals surface area contributed by atoms with E-state index >= 15 is 0 Å². The fourth-order valence-corrected chi connectivity index (χ4v) is 0.642. The van der Waals surface area contributed by atoms with Crippen LogP contribution in [0.1, 0.15) is 0 Å². The van der Waals surface area contributed by atoms with E-state index < -0.39 is 0 Å². The highest BCUT2D eigenvalue weighted by molar-refractivity contribution is 7.16. The summed E-state index contributed by atoms with van der Waals surface area (Å²) in [6, 6.07) is 0. The quantitative estimate of drug-likeness (QED) is 0.528. The Kier molecular flexibility index (Phi) is 5.73. The van der Waals surface area contributed by atoms with Crippen LogP contribution in [0, 0.1) is 6.92 Å². The summed E-state index contributed by atoms with van der Waals surface area (Å²) in [5.41, 5.74) is 0. The molecule has 0 aromatic carbocycles. The van der Waals surface area contributed by atoms with E-state index in [9.17, 15) is 0 Å². The minimum Gasteiger partial charge on any atom is -0.382 e. The van der Waals surface area contributed by atoms with Gasteiger partial charge in [0.15, 0.2) is 0 Å². The van der Waals surface area contributed by atoms with Gasteiger partial charge in [-0.05, 0) is 6.92 Å². The van der Waals surface area contributed by atoms with Crippen molar-refractivity contribution in [1.29, 1.82) is 0 Å². The molecule has 0 N–H and O–H groups in total. The van der Waals surface area contributed by atoms with Gasteiger partial charge in [-0.15, -0.1) is 9.24 Å². The van der Waals surface area contributed by atoms with Crippen molar-refractivity contribution in [2.45, 2.75) is 6.10 Å². The van der Waals surface area contributed by atoms with E-state index in [2.05, 4.69) is 16.2 Å². The summed E-state index contributed by atoms with van der Waals surface area (Å²) in [6.07, 6.45) is 0.592. The Labute approximate surface area is 52.8 Å². The van der Waals surface area contributed by atoms with E-state index in [0.717, 1.165) is 0 Å². The van der Waals surface area contributed by atoms with Crippen LogP contribution in [0.25, 0.3) is 0 Å². The number of rotatable bonds is 4. The number of methoxy groups -OCH3 is 1. The predicted octanol–water partition coefficient (Wildman–Crippen LogP) is 0.685. The molecule has 2 nitrogen and oxygen atoms in total. The maximum absolute atomic E-state index is 5.01. The molecule has 0 rings (SSSR count). The molecule has 0 bridgehead atoms. The van der Waals surface area contributed by atoms with Gasteiger partial charge in [0.25, 0.3) is 0 Å². The number of hydrogen-bond donors (Lipinski definition) is 0. The Balaban J connectivity index is 2.92. The molecular weight excluding hydrogens is 123 g/mol. The van der Waals surface area contributed by atoms with Crippen molar-refractivity contribution in [3.63, 3.8) is 0 Å². The third-order valence-corrected chi connectivity index (χ3v) is 0.877. The van der Waals surface area contributed by atoms with E-state index in [4.69, 9.17) is 9.47 Å². The van der Waals surface area contributed by atoms with Crippen LogP contribution in [-0.2, 0) is 9.47 Å². The normalized spacial score (nSPS) is 13.9. The predicted molar refractivity (Wildman–Crippen MR) is 36.7 cm³/mol. The second kappa shape index (κ2) is 5.49. The van der Waals surface area contributed by atoms with E-state index in [1.54, 1.807) is 7.11 Å². The van der Waals surface area contributed by atoms with Crippen molar-refractivity contribution < 1.29 is 9.47 Å². The maximum atomic E-state index is 5.01. The van der Waals surface area contributed by atoms with E-state index in [0.29, 0.717) is 13.0 Å². The molecule has 0 saturated heterocycles. The van der Waals surface area contributed by atoms with Gasteiger partial charge < -0.3 is 9.47 Å². The minimum atomic E-state index is -0.0301. The van der Waals surface area contributed by atoms with Crippen LogP contribution >= 0.6 is 9.24 Å². The zero-order valence-electron chi connectivity index (χ0n) is 5.09. The van der Waals surface area contributed by atoms with Crippen molar-refractivity contribution in [3.8, 4) is 0 Å². The van der Waals surface area contributed by atoms with Crippen LogP contribution in [0.3, 0.4) is 0 Å². The Morgan fingerprint density at radius 1 is 1.75 bits per heavy atom. The van der Waals surface area contributed by atoms with Crippen LogP contribution in [0.15, 0.2) is 0 Å². The lowest BCUT2D eigenvalue weighted by Gasteiger charge is -2.07. The highest BCUT2D eigenvalue weighted by Crippen LogP contribution is 1.92. The standard InChI is InChI=1S/C5H12O2P/c1-5(3-6-2)7-4-8/h5H,1,3-4,8H2,2H3/t5-/m0/s1. The first-order valence-corrected chi connectivity index (χ1v) is 3.26. The van der Waals surface area contributed by atoms with Crippen LogP contribution in [0.5, 0.6) is 0 Å². The summed E-state index contributed by atoms with van der Waals surface area (Å²) < 4.78 is 9.77. The van der Waals surface area contributed by atoms with Crippen molar-refractivity contribution in [1.82, 2.24) is 0 Å². The van der Waals surface area contributed by atoms with Crippen molar-refractivity contribution >= 4 is 9.24 Å². The van der Waals surface area contributed by atoms with E-state index in [1.807, 2.05) is 0 Å². The average Bonchev–Trinajstić information content (AvgIpc) is 1.68. The highest BCUT2D eigenvalue weighted by atomic mass is 31.0. The van der Waals surface area contributed by atoms with Gasteiger partial charge >= 0.3 is 0 Å².